The third kappa shape index (κ3) is 3.99. The molecule has 1 unspecified atom stereocenters. The molecule has 0 radical (unpaired) electrons. The summed E-state index contributed by atoms with van der Waals surface area (Å²) in [5.74, 6) is -0.677. The van der Waals surface area contributed by atoms with E-state index in [1.54, 1.807) is 27.7 Å². The van der Waals surface area contributed by atoms with Crippen LogP contribution in [0.2, 0.25) is 0 Å². The summed E-state index contributed by atoms with van der Waals surface area (Å²) >= 11 is 0. The molecule has 0 amide bonds. The molecule has 4 nitrogen and oxygen atoms in total. The molecule has 0 saturated carbocycles. The second kappa shape index (κ2) is 5.56. The van der Waals surface area contributed by atoms with Crippen molar-refractivity contribution in [1.82, 2.24) is 4.72 Å². The zero-order chi connectivity index (χ0) is 14.8. The maximum absolute atomic E-state index is 13.4. The number of nitrogens with one attached hydrogen (secondary N) is 1. The molecule has 0 saturated heterocycles. The Bertz CT molecular complexity index is 553. The second-order valence-electron chi connectivity index (χ2n) is 5.25. The van der Waals surface area contributed by atoms with Gasteiger partial charge in [-0.05, 0) is 37.5 Å². The van der Waals surface area contributed by atoms with Crippen LogP contribution in [-0.2, 0) is 10.0 Å². The zero-order valence-electron chi connectivity index (χ0n) is 11.6. The Kier molecular flexibility index (Phi) is 4.71. The van der Waals surface area contributed by atoms with Crippen molar-refractivity contribution in [2.75, 3.05) is 6.54 Å². The summed E-state index contributed by atoms with van der Waals surface area (Å²) in [6.07, 6.45) is 0. The average Bonchev–Trinajstić information content (AvgIpc) is 2.30. The highest BCUT2D eigenvalue weighted by molar-refractivity contribution is 7.89. The number of hydrogen-bond acceptors (Lipinski definition) is 3. The highest BCUT2D eigenvalue weighted by Crippen LogP contribution is 2.17. The van der Waals surface area contributed by atoms with Crippen molar-refractivity contribution in [2.45, 2.75) is 38.2 Å². The van der Waals surface area contributed by atoms with E-state index in [9.17, 15) is 17.9 Å². The van der Waals surface area contributed by atoms with Crippen molar-refractivity contribution in [3.8, 4) is 0 Å². The molecule has 0 fully saturated rings. The first-order valence-corrected chi connectivity index (χ1v) is 7.53. The predicted octanol–water partition coefficient (Wildman–Crippen LogP) is 1.82. The topological polar surface area (TPSA) is 66.4 Å². The van der Waals surface area contributed by atoms with Gasteiger partial charge in [0.1, 0.15) is 5.82 Å². The van der Waals surface area contributed by atoms with Gasteiger partial charge in [0.15, 0.2) is 0 Å². The lowest BCUT2D eigenvalue weighted by Gasteiger charge is -2.27. The number of aliphatic hydroxyl groups is 1. The van der Waals surface area contributed by atoms with Crippen LogP contribution in [0.3, 0.4) is 0 Å². The van der Waals surface area contributed by atoms with Crippen LogP contribution in [-0.4, -0.2) is 25.7 Å². The van der Waals surface area contributed by atoms with E-state index in [-0.39, 0.29) is 17.4 Å². The van der Waals surface area contributed by atoms with Crippen molar-refractivity contribution < 1.29 is 17.9 Å². The molecule has 0 aliphatic carbocycles. The van der Waals surface area contributed by atoms with E-state index in [2.05, 4.69) is 4.72 Å². The van der Waals surface area contributed by atoms with Crippen LogP contribution in [0.5, 0.6) is 0 Å². The van der Waals surface area contributed by atoms with Crippen molar-refractivity contribution in [3.05, 3.63) is 29.6 Å². The molecule has 1 atom stereocenters. The van der Waals surface area contributed by atoms with Gasteiger partial charge >= 0.3 is 0 Å². The lowest BCUT2D eigenvalue weighted by molar-refractivity contribution is 0.0190. The van der Waals surface area contributed by atoms with E-state index < -0.39 is 21.4 Å². The van der Waals surface area contributed by atoms with Crippen LogP contribution < -0.4 is 4.72 Å². The number of benzene rings is 1. The molecule has 0 bridgehead atoms. The van der Waals surface area contributed by atoms with Crippen LogP contribution in [0.15, 0.2) is 23.1 Å². The minimum Gasteiger partial charge on any atom is -0.389 e. The largest absolute Gasteiger partial charge is 0.389 e. The van der Waals surface area contributed by atoms with Crippen LogP contribution in [0.4, 0.5) is 4.39 Å². The lowest BCUT2D eigenvalue weighted by Crippen LogP contribution is -2.44. The summed E-state index contributed by atoms with van der Waals surface area (Å²) in [7, 11) is -3.82. The van der Waals surface area contributed by atoms with Gasteiger partial charge in [-0.2, -0.15) is 0 Å². The molecule has 0 aliphatic rings. The monoisotopic (exact) mass is 289 g/mol. The molecule has 1 aromatic carbocycles. The number of aryl methyl sites for hydroxylation is 1. The van der Waals surface area contributed by atoms with Gasteiger partial charge in [0.2, 0.25) is 10.0 Å². The minimum absolute atomic E-state index is 0.107. The fourth-order valence-electron chi connectivity index (χ4n) is 1.27. The summed E-state index contributed by atoms with van der Waals surface area (Å²) < 4.78 is 39.6. The highest BCUT2D eigenvalue weighted by Gasteiger charge is 2.27. The Balaban J connectivity index is 2.90. The minimum atomic E-state index is -3.82. The first kappa shape index (κ1) is 16.1. The summed E-state index contributed by atoms with van der Waals surface area (Å²) in [6.45, 7) is 6.57. The Morgan fingerprint density at radius 2 is 2.00 bits per heavy atom. The summed E-state index contributed by atoms with van der Waals surface area (Å²) in [4.78, 5) is -0.143. The van der Waals surface area contributed by atoms with Crippen LogP contribution in [0.25, 0.3) is 0 Å². The Hall–Kier alpha value is -0.980. The smallest absolute Gasteiger partial charge is 0.240 e. The van der Waals surface area contributed by atoms with Gasteiger partial charge in [0.05, 0.1) is 10.5 Å². The Labute approximate surface area is 113 Å². The summed E-state index contributed by atoms with van der Waals surface area (Å²) in [5.41, 5.74) is -0.774. The standard InChI is InChI=1S/C13H20FNO3S/c1-9(2)13(4,16)8-15-19(17,18)11-6-5-10(3)12(14)7-11/h5-7,9,15-16H,8H2,1-4H3. The third-order valence-electron chi connectivity index (χ3n) is 3.32. The van der Waals surface area contributed by atoms with E-state index in [4.69, 9.17) is 0 Å². The average molecular weight is 289 g/mol. The molecular formula is C13H20FNO3S. The maximum Gasteiger partial charge on any atom is 0.240 e. The number of hydrogen-bond donors (Lipinski definition) is 2. The number of halogens is 1. The molecule has 0 spiro atoms. The van der Waals surface area contributed by atoms with Crippen molar-refractivity contribution in [2.24, 2.45) is 5.92 Å². The Morgan fingerprint density at radius 1 is 1.42 bits per heavy atom. The number of sulfonamides is 1. The normalized spacial score (nSPS) is 15.5. The predicted molar refractivity (Wildman–Crippen MR) is 71.8 cm³/mol. The lowest BCUT2D eigenvalue weighted by atomic mass is 9.93. The Morgan fingerprint density at radius 3 is 2.47 bits per heavy atom. The van der Waals surface area contributed by atoms with Crippen LogP contribution in [0, 0.1) is 18.7 Å². The molecule has 0 heterocycles. The van der Waals surface area contributed by atoms with Gasteiger partial charge < -0.3 is 5.11 Å². The van der Waals surface area contributed by atoms with E-state index >= 15 is 0 Å². The molecular weight excluding hydrogens is 269 g/mol. The highest BCUT2D eigenvalue weighted by atomic mass is 32.2. The SMILES string of the molecule is Cc1ccc(S(=O)(=O)NCC(C)(O)C(C)C)cc1F. The fourth-order valence-corrected chi connectivity index (χ4v) is 2.42. The van der Waals surface area contributed by atoms with Crippen molar-refractivity contribution in [1.29, 1.82) is 0 Å². The molecule has 0 aromatic heterocycles. The summed E-state index contributed by atoms with van der Waals surface area (Å²) in [6, 6.07) is 3.72. The molecule has 19 heavy (non-hydrogen) atoms. The molecule has 1 rings (SSSR count). The second-order valence-corrected chi connectivity index (χ2v) is 7.01. The van der Waals surface area contributed by atoms with E-state index in [0.717, 1.165) is 6.07 Å². The quantitative estimate of drug-likeness (QED) is 0.869. The molecule has 1 aromatic rings. The number of rotatable bonds is 5. The zero-order valence-corrected chi connectivity index (χ0v) is 12.4. The molecule has 6 heteroatoms. The molecule has 0 aliphatic heterocycles. The van der Waals surface area contributed by atoms with Gasteiger partial charge in [-0.3, -0.25) is 0 Å². The van der Waals surface area contributed by atoms with Gasteiger partial charge in [0.25, 0.3) is 0 Å². The van der Waals surface area contributed by atoms with Crippen molar-refractivity contribution in [3.63, 3.8) is 0 Å². The van der Waals surface area contributed by atoms with Crippen molar-refractivity contribution >= 4 is 10.0 Å². The first-order chi connectivity index (χ1) is 8.56. The van der Waals surface area contributed by atoms with Gasteiger partial charge in [-0.1, -0.05) is 19.9 Å². The van der Waals surface area contributed by atoms with Crippen LogP contribution >= 0.6 is 0 Å². The summed E-state index contributed by atoms with van der Waals surface area (Å²) in [5, 5.41) is 10.00. The third-order valence-corrected chi connectivity index (χ3v) is 4.72. The molecule has 108 valence electrons. The van der Waals surface area contributed by atoms with E-state index in [1.165, 1.54) is 12.1 Å². The molecule has 2 N–H and O–H groups in total. The first-order valence-electron chi connectivity index (χ1n) is 6.04. The van der Waals surface area contributed by atoms with Crippen LogP contribution in [0.1, 0.15) is 26.3 Å². The maximum atomic E-state index is 13.4. The fraction of sp³-hybridized carbons (Fsp3) is 0.538. The van der Waals surface area contributed by atoms with Gasteiger partial charge in [0, 0.05) is 6.54 Å². The van der Waals surface area contributed by atoms with E-state index in [0.29, 0.717) is 5.56 Å². The van der Waals surface area contributed by atoms with Gasteiger partial charge in [-0.25, -0.2) is 17.5 Å². The van der Waals surface area contributed by atoms with Gasteiger partial charge in [-0.15, -0.1) is 0 Å². The van der Waals surface area contributed by atoms with E-state index in [1.807, 2.05) is 0 Å².